The molecule has 0 aromatic rings. The van der Waals surface area contributed by atoms with Crippen molar-refractivity contribution in [3.05, 3.63) is 11.8 Å². The van der Waals surface area contributed by atoms with Crippen molar-refractivity contribution >= 4 is 11.9 Å². The van der Waals surface area contributed by atoms with Crippen LogP contribution in [0.15, 0.2) is 11.8 Å². The summed E-state index contributed by atoms with van der Waals surface area (Å²) in [4.78, 5) is 24.8. The minimum absolute atomic E-state index is 0.0799. The monoisotopic (exact) mass is 281 g/mol. The fourth-order valence-electron chi connectivity index (χ4n) is 1.66. The fourth-order valence-corrected chi connectivity index (χ4v) is 1.66. The van der Waals surface area contributed by atoms with Crippen LogP contribution < -0.4 is 5.32 Å². The number of nitrogens with zero attached hydrogens (tertiary/aromatic N) is 2. The summed E-state index contributed by atoms with van der Waals surface area (Å²) in [5.74, 6) is -1.60. The lowest BCUT2D eigenvalue weighted by molar-refractivity contribution is -0.141. The summed E-state index contributed by atoms with van der Waals surface area (Å²) in [6, 6.07) is 0.837. The van der Waals surface area contributed by atoms with Crippen molar-refractivity contribution in [3.8, 4) is 6.07 Å². The van der Waals surface area contributed by atoms with Gasteiger partial charge in [-0.1, -0.05) is 13.8 Å². The zero-order valence-corrected chi connectivity index (χ0v) is 12.5. The second-order valence-electron chi connectivity index (χ2n) is 4.87. The van der Waals surface area contributed by atoms with E-state index in [9.17, 15) is 9.59 Å². The van der Waals surface area contributed by atoms with E-state index in [1.165, 1.54) is 6.20 Å². The fraction of sp³-hybridized carbons (Fsp3) is 0.643. The first-order valence-corrected chi connectivity index (χ1v) is 6.75. The maximum absolute atomic E-state index is 11.9. The van der Waals surface area contributed by atoms with Crippen LogP contribution in [-0.2, 0) is 9.59 Å². The average molecular weight is 281 g/mol. The van der Waals surface area contributed by atoms with Crippen molar-refractivity contribution in [2.45, 2.75) is 40.2 Å². The molecule has 1 amide bonds. The van der Waals surface area contributed by atoms with Gasteiger partial charge in [0.2, 0.25) is 0 Å². The van der Waals surface area contributed by atoms with Gasteiger partial charge in [0.1, 0.15) is 17.7 Å². The van der Waals surface area contributed by atoms with Crippen LogP contribution in [0.5, 0.6) is 0 Å². The third kappa shape index (κ3) is 6.23. The molecule has 1 unspecified atom stereocenters. The molecule has 0 saturated carbocycles. The number of rotatable bonds is 8. The molecule has 0 spiro atoms. The van der Waals surface area contributed by atoms with Crippen LogP contribution in [0.4, 0.5) is 0 Å². The largest absolute Gasteiger partial charge is 0.480 e. The van der Waals surface area contributed by atoms with Crippen molar-refractivity contribution in [1.29, 1.82) is 5.26 Å². The standard InChI is InChI=1S/C14H23N3O3/c1-5-17(6-2)9-11(8-15)13(18)16-12(14(19)20)7-10(3)4/h9-10,12H,5-7H2,1-4H3,(H,16,18)(H,19,20)/b11-9-. The van der Waals surface area contributed by atoms with Crippen LogP contribution in [0, 0.1) is 17.2 Å². The molecule has 0 heterocycles. The van der Waals surface area contributed by atoms with Gasteiger partial charge in [0.15, 0.2) is 0 Å². The number of carbonyl (C=O) groups excluding carboxylic acids is 1. The van der Waals surface area contributed by atoms with E-state index in [4.69, 9.17) is 10.4 Å². The van der Waals surface area contributed by atoms with Gasteiger partial charge < -0.3 is 15.3 Å². The average Bonchev–Trinajstić information content (AvgIpc) is 2.38. The summed E-state index contributed by atoms with van der Waals surface area (Å²) in [5.41, 5.74) is -0.0799. The predicted octanol–water partition coefficient (Wildman–Crippen LogP) is 1.35. The smallest absolute Gasteiger partial charge is 0.326 e. The highest BCUT2D eigenvalue weighted by Gasteiger charge is 2.23. The third-order valence-electron chi connectivity index (χ3n) is 2.80. The van der Waals surface area contributed by atoms with Crippen molar-refractivity contribution in [3.63, 3.8) is 0 Å². The lowest BCUT2D eigenvalue weighted by Crippen LogP contribution is -2.42. The quantitative estimate of drug-likeness (QED) is 0.517. The number of carboxylic acids is 1. The second-order valence-corrected chi connectivity index (χ2v) is 4.87. The van der Waals surface area contributed by atoms with Crippen LogP contribution >= 0.6 is 0 Å². The minimum Gasteiger partial charge on any atom is -0.480 e. The Kier molecular flexibility index (Phi) is 8.06. The number of amides is 1. The maximum Gasteiger partial charge on any atom is 0.326 e. The summed E-state index contributed by atoms with van der Waals surface area (Å²) in [5, 5.41) is 20.5. The zero-order chi connectivity index (χ0) is 15.7. The molecule has 0 fully saturated rings. The molecule has 112 valence electrons. The van der Waals surface area contributed by atoms with Gasteiger partial charge in [0, 0.05) is 19.3 Å². The highest BCUT2D eigenvalue weighted by molar-refractivity contribution is 5.99. The van der Waals surface area contributed by atoms with Gasteiger partial charge in [-0.15, -0.1) is 0 Å². The molecule has 0 aliphatic rings. The molecular formula is C14H23N3O3. The van der Waals surface area contributed by atoms with Gasteiger partial charge >= 0.3 is 5.97 Å². The number of nitrogens with one attached hydrogen (secondary N) is 1. The lowest BCUT2D eigenvalue weighted by Gasteiger charge is -2.18. The Labute approximate surface area is 120 Å². The van der Waals surface area contributed by atoms with E-state index in [0.29, 0.717) is 19.5 Å². The first-order valence-electron chi connectivity index (χ1n) is 6.75. The molecule has 0 rings (SSSR count). The van der Waals surface area contributed by atoms with Gasteiger partial charge in [-0.2, -0.15) is 5.26 Å². The van der Waals surface area contributed by atoms with Crippen molar-refractivity contribution < 1.29 is 14.7 Å². The molecule has 0 aliphatic carbocycles. The summed E-state index contributed by atoms with van der Waals surface area (Å²) in [7, 11) is 0. The van der Waals surface area contributed by atoms with Crippen LogP contribution in [-0.4, -0.2) is 41.0 Å². The first kappa shape index (κ1) is 18.0. The van der Waals surface area contributed by atoms with E-state index in [1.54, 1.807) is 4.90 Å². The van der Waals surface area contributed by atoms with Crippen LogP contribution in [0.2, 0.25) is 0 Å². The zero-order valence-electron chi connectivity index (χ0n) is 12.5. The van der Waals surface area contributed by atoms with Crippen LogP contribution in [0.1, 0.15) is 34.1 Å². The Hall–Kier alpha value is -2.03. The number of aliphatic carboxylic acids is 1. The van der Waals surface area contributed by atoms with E-state index < -0.39 is 17.9 Å². The molecule has 20 heavy (non-hydrogen) atoms. The molecule has 0 aliphatic heterocycles. The van der Waals surface area contributed by atoms with E-state index in [2.05, 4.69) is 5.32 Å². The number of carbonyl (C=O) groups is 2. The van der Waals surface area contributed by atoms with Gasteiger partial charge in [0.05, 0.1) is 0 Å². The van der Waals surface area contributed by atoms with Gasteiger partial charge in [0.25, 0.3) is 5.91 Å². The summed E-state index contributed by atoms with van der Waals surface area (Å²) < 4.78 is 0. The Morgan fingerprint density at radius 3 is 2.25 bits per heavy atom. The lowest BCUT2D eigenvalue weighted by atomic mass is 10.0. The highest BCUT2D eigenvalue weighted by atomic mass is 16.4. The number of hydrogen-bond donors (Lipinski definition) is 2. The van der Waals surface area contributed by atoms with Crippen LogP contribution in [0.25, 0.3) is 0 Å². The number of hydrogen-bond acceptors (Lipinski definition) is 4. The molecule has 0 radical (unpaired) electrons. The van der Waals surface area contributed by atoms with Gasteiger partial charge in [-0.25, -0.2) is 4.79 Å². The van der Waals surface area contributed by atoms with Crippen molar-refractivity contribution in [2.24, 2.45) is 5.92 Å². The second kappa shape index (κ2) is 8.97. The Morgan fingerprint density at radius 2 is 1.90 bits per heavy atom. The van der Waals surface area contributed by atoms with Crippen LogP contribution in [0.3, 0.4) is 0 Å². The van der Waals surface area contributed by atoms with Crippen molar-refractivity contribution in [1.82, 2.24) is 10.2 Å². The normalized spacial score (nSPS) is 12.7. The van der Waals surface area contributed by atoms with Gasteiger partial charge in [-0.3, -0.25) is 4.79 Å². The number of nitriles is 1. The molecule has 0 aromatic heterocycles. The molecule has 6 nitrogen and oxygen atoms in total. The van der Waals surface area contributed by atoms with E-state index in [-0.39, 0.29) is 11.5 Å². The maximum atomic E-state index is 11.9. The molecule has 2 N–H and O–H groups in total. The molecule has 0 aromatic carbocycles. The molecular weight excluding hydrogens is 258 g/mol. The first-order chi connectivity index (χ1) is 9.35. The molecule has 6 heteroatoms. The highest BCUT2D eigenvalue weighted by Crippen LogP contribution is 2.06. The van der Waals surface area contributed by atoms with E-state index >= 15 is 0 Å². The topological polar surface area (TPSA) is 93.4 Å². The third-order valence-corrected chi connectivity index (χ3v) is 2.80. The van der Waals surface area contributed by atoms with Gasteiger partial charge in [-0.05, 0) is 26.2 Å². The Balaban J connectivity index is 4.93. The van der Waals surface area contributed by atoms with Crippen molar-refractivity contribution in [2.75, 3.05) is 13.1 Å². The molecule has 1 atom stereocenters. The Morgan fingerprint density at radius 1 is 1.35 bits per heavy atom. The minimum atomic E-state index is -1.09. The molecule has 0 saturated heterocycles. The summed E-state index contributed by atoms with van der Waals surface area (Å²) in [6.45, 7) is 8.90. The number of carboxylic acid groups (broad SMARTS) is 1. The summed E-state index contributed by atoms with van der Waals surface area (Å²) >= 11 is 0. The Bertz CT molecular complexity index is 406. The predicted molar refractivity (Wildman–Crippen MR) is 75.6 cm³/mol. The molecule has 0 bridgehead atoms. The summed E-state index contributed by atoms with van der Waals surface area (Å²) in [6.07, 6.45) is 1.79. The van der Waals surface area contributed by atoms with E-state index in [1.807, 2.05) is 33.8 Å². The van der Waals surface area contributed by atoms with E-state index in [0.717, 1.165) is 0 Å². The SMILES string of the molecule is CCN(/C=C(/C#N)C(=O)NC(CC(C)C)C(=O)O)CC.